The van der Waals surface area contributed by atoms with Gasteiger partial charge in [-0.3, -0.25) is 4.79 Å². The SMILES string of the molecule is Cc1cc(NC(=O)C2CC2c2ccco2)n(Cc2ccccc2)n1. The van der Waals surface area contributed by atoms with Crippen molar-refractivity contribution in [3.63, 3.8) is 0 Å². The van der Waals surface area contributed by atoms with E-state index in [1.807, 2.05) is 48.0 Å². The number of hydrogen-bond acceptors (Lipinski definition) is 3. The van der Waals surface area contributed by atoms with Crippen LogP contribution in [0, 0.1) is 12.8 Å². The van der Waals surface area contributed by atoms with Crippen LogP contribution in [0.1, 0.15) is 29.4 Å². The van der Waals surface area contributed by atoms with Crippen molar-refractivity contribution in [2.75, 3.05) is 5.32 Å². The number of aromatic nitrogens is 2. The van der Waals surface area contributed by atoms with Gasteiger partial charge in [0.1, 0.15) is 11.6 Å². The maximum Gasteiger partial charge on any atom is 0.229 e. The monoisotopic (exact) mass is 321 g/mol. The van der Waals surface area contributed by atoms with Gasteiger partial charge in [0, 0.05) is 17.9 Å². The molecule has 1 N–H and O–H groups in total. The van der Waals surface area contributed by atoms with E-state index in [4.69, 9.17) is 4.42 Å². The molecule has 1 saturated carbocycles. The first-order valence-electron chi connectivity index (χ1n) is 8.13. The third kappa shape index (κ3) is 2.97. The smallest absolute Gasteiger partial charge is 0.229 e. The first kappa shape index (κ1) is 14.8. The van der Waals surface area contributed by atoms with Crippen molar-refractivity contribution in [1.29, 1.82) is 0 Å². The predicted molar refractivity (Wildman–Crippen MR) is 90.7 cm³/mol. The summed E-state index contributed by atoms with van der Waals surface area (Å²) in [7, 11) is 0. The van der Waals surface area contributed by atoms with E-state index in [1.165, 1.54) is 0 Å². The van der Waals surface area contributed by atoms with Crippen LogP contribution < -0.4 is 5.32 Å². The third-order valence-corrected chi connectivity index (χ3v) is 4.36. The molecule has 1 aliphatic rings. The van der Waals surface area contributed by atoms with Crippen molar-refractivity contribution in [1.82, 2.24) is 9.78 Å². The summed E-state index contributed by atoms with van der Waals surface area (Å²) >= 11 is 0. The second kappa shape index (κ2) is 6.00. The van der Waals surface area contributed by atoms with E-state index in [1.54, 1.807) is 6.26 Å². The summed E-state index contributed by atoms with van der Waals surface area (Å²) in [6.45, 7) is 2.57. The second-order valence-electron chi connectivity index (χ2n) is 6.27. The molecule has 24 heavy (non-hydrogen) atoms. The van der Waals surface area contributed by atoms with Gasteiger partial charge in [-0.15, -0.1) is 0 Å². The molecule has 1 fully saturated rings. The highest BCUT2D eigenvalue weighted by Gasteiger charge is 2.46. The molecule has 1 aromatic carbocycles. The average Bonchev–Trinajstić information content (AvgIpc) is 3.04. The van der Waals surface area contributed by atoms with Crippen LogP contribution >= 0.6 is 0 Å². The lowest BCUT2D eigenvalue weighted by Gasteiger charge is -2.09. The Balaban J connectivity index is 1.46. The number of furan rings is 1. The zero-order chi connectivity index (χ0) is 16.5. The number of hydrogen-bond donors (Lipinski definition) is 1. The lowest BCUT2D eigenvalue weighted by Crippen LogP contribution is -2.18. The van der Waals surface area contributed by atoms with Crippen LogP contribution in [-0.2, 0) is 11.3 Å². The number of aryl methyl sites for hydroxylation is 1. The van der Waals surface area contributed by atoms with Crippen LogP contribution in [0.2, 0.25) is 0 Å². The summed E-state index contributed by atoms with van der Waals surface area (Å²) in [4.78, 5) is 12.5. The summed E-state index contributed by atoms with van der Waals surface area (Å²) in [6.07, 6.45) is 2.49. The molecule has 4 rings (SSSR count). The van der Waals surface area contributed by atoms with E-state index in [0.717, 1.165) is 29.3 Å². The fourth-order valence-corrected chi connectivity index (χ4v) is 3.04. The Hall–Kier alpha value is -2.82. The molecule has 1 amide bonds. The van der Waals surface area contributed by atoms with Crippen LogP contribution in [-0.4, -0.2) is 15.7 Å². The molecule has 0 spiro atoms. The molecule has 0 bridgehead atoms. The maximum atomic E-state index is 12.5. The zero-order valence-corrected chi connectivity index (χ0v) is 13.5. The molecule has 5 heteroatoms. The Morgan fingerprint density at radius 3 is 2.88 bits per heavy atom. The highest BCUT2D eigenvalue weighted by Crippen LogP contribution is 2.48. The van der Waals surface area contributed by atoms with E-state index < -0.39 is 0 Å². The van der Waals surface area contributed by atoms with Crippen LogP contribution in [0.4, 0.5) is 5.82 Å². The Kier molecular flexibility index (Phi) is 3.69. The van der Waals surface area contributed by atoms with E-state index in [9.17, 15) is 4.79 Å². The molecule has 2 atom stereocenters. The van der Waals surface area contributed by atoms with Gasteiger partial charge in [0.25, 0.3) is 0 Å². The number of benzene rings is 1. The molecule has 2 unspecified atom stereocenters. The summed E-state index contributed by atoms with van der Waals surface area (Å²) in [5.74, 6) is 1.85. The van der Waals surface area contributed by atoms with Gasteiger partial charge in [0.05, 0.1) is 18.5 Å². The lowest BCUT2D eigenvalue weighted by atomic mass is 10.2. The maximum absolute atomic E-state index is 12.5. The molecule has 0 aliphatic heterocycles. The molecule has 122 valence electrons. The Labute approximate surface area is 140 Å². The molecular weight excluding hydrogens is 302 g/mol. The Bertz CT molecular complexity index is 837. The highest BCUT2D eigenvalue weighted by molar-refractivity contribution is 5.94. The summed E-state index contributed by atoms with van der Waals surface area (Å²) < 4.78 is 7.24. The summed E-state index contributed by atoms with van der Waals surface area (Å²) in [6, 6.07) is 15.8. The number of anilines is 1. The Morgan fingerprint density at radius 2 is 2.12 bits per heavy atom. The summed E-state index contributed by atoms with van der Waals surface area (Å²) in [5, 5.41) is 7.52. The molecule has 2 heterocycles. The van der Waals surface area contributed by atoms with Gasteiger partial charge in [-0.1, -0.05) is 30.3 Å². The standard InChI is InChI=1S/C19H19N3O2/c1-13-10-18(22(21-13)12-14-6-3-2-4-7-14)20-19(23)16-11-15(16)17-8-5-9-24-17/h2-10,15-16H,11-12H2,1H3,(H,20,23). The van der Waals surface area contributed by atoms with Crippen LogP contribution in [0.3, 0.4) is 0 Å². The molecule has 0 saturated heterocycles. The number of nitrogens with zero attached hydrogens (tertiary/aromatic N) is 2. The average molecular weight is 321 g/mol. The first-order valence-corrected chi connectivity index (χ1v) is 8.13. The molecule has 1 aliphatic carbocycles. The number of nitrogens with one attached hydrogen (secondary N) is 1. The molecule has 5 nitrogen and oxygen atoms in total. The van der Waals surface area contributed by atoms with Gasteiger partial charge < -0.3 is 9.73 Å². The number of amides is 1. The molecule has 0 radical (unpaired) electrons. The number of rotatable bonds is 5. The van der Waals surface area contributed by atoms with E-state index in [0.29, 0.717) is 6.54 Å². The topological polar surface area (TPSA) is 60.1 Å². The highest BCUT2D eigenvalue weighted by atomic mass is 16.3. The van der Waals surface area contributed by atoms with Crippen molar-refractivity contribution in [2.45, 2.75) is 25.8 Å². The minimum Gasteiger partial charge on any atom is -0.469 e. The van der Waals surface area contributed by atoms with E-state index in [2.05, 4.69) is 22.5 Å². The lowest BCUT2D eigenvalue weighted by molar-refractivity contribution is -0.117. The normalized spacial score (nSPS) is 19.2. The number of carbonyl (C=O) groups is 1. The van der Waals surface area contributed by atoms with Gasteiger partial charge in [-0.2, -0.15) is 5.10 Å². The fourth-order valence-electron chi connectivity index (χ4n) is 3.04. The predicted octanol–water partition coefficient (Wildman–Crippen LogP) is 3.58. The van der Waals surface area contributed by atoms with Crippen LogP contribution in [0.25, 0.3) is 0 Å². The van der Waals surface area contributed by atoms with Crippen LogP contribution in [0.5, 0.6) is 0 Å². The van der Waals surface area contributed by atoms with Crippen molar-refractivity contribution >= 4 is 11.7 Å². The number of carbonyl (C=O) groups excluding carboxylic acids is 1. The molecule has 2 aromatic heterocycles. The zero-order valence-electron chi connectivity index (χ0n) is 13.5. The Morgan fingerprint density at radius 1 is 1.29 bits per heavy atom. The van der Waals surface area contributed by atoms with Crippen LogP contribution in [0.15, 0.2) is 59.2 Å². The van der Waals surface area contributed by atoms with Gasteiger partial charge in [-0.25, -0.2) is 4.68 Å². The van der Waals surface area contributed by atoms with Gasteiger partial charge in [0.15, 0.2) is 0 Å². The molecular formula is C19H19N3O2. The third-order valence-electron chi connectivity index (χ3n) is 4.36. The summed E-state index contributed by atoms with van der Waals surface area (Å²) in [5.41, 5.74) is 2.04. The van der Waals surface area contributed by atoms with Gasteiger partial charge >= 0.3 is 0 Å². The van der Waals surface area contributed by atoms with Gasteiger partial charge in [-0.05, 0) is 31.0 Å². The van der Waals surface area contributed by atoms with Crippen molar-refractivity contribution < 1.29 is 9.21 Å². The second-order valence-corrected chi connectivity index (χ2v) is 6.27. The van der Waals surface area contributed by atoms with Crippen molar-refractivity contribution in [3.05, 3.63) is 71.8 Å². The fraction of sp³-hybridized carbons (Fsp3) is 0.263. The van der Waals surface area contributed by atoms with E-state index in [-0.39, 0.29) is 17.7 Å². The molecule has 3 aromatic rings. The van der Waals surface area contributed by atoms with E-state index >= 15 is 0 Å². The van der Waals surface area contributed by atoms with Crippen molar-refractivity contribution in [3.8, 4) is 0 Å². The minimum atomic E-state index is -0.0171. The largest absolute Gasteiger partial charge is 0.469 e. The van der Waals surface area contributed by atoms with Crippen molar-refractivity contribution in [2.24, 2.45) is 5.92 Å². The van der Waals surface area contributed by atoms with Gasteiger partial charge in [0.2, 0.25) is 5.91 Å². The minimum absolute atomic E-state index is 0.0171. The quantitative estimate of drug-likeness (QED) is 0.781. The first-order chi connectivity index (χ1) is 11.7.